The lowest BCUT2D eigenvalue weighted by molar-refractivity contribution is -0.182. The number of ether oxygens (including phenoxy) is 2. The van der Waals surface area contributed by atoms with E-state index in [1.165, 1.54) is 0 Å². The molecule has 2 nitrogen and oxygen atoms in total. The van der Waals surface area contributed by atoms with Gasteiger partial charge in [0.1, 0.15) is 6.79 Å². The molecule has 1 saturated heterocycles. The van der Waals surface area contributed by atoms with Crippen molar-refractivity contribution >= 4 is 0 Å². The highest BCUT2D eigenvalue weighted by atomic mass is 16.7. The van der Waals surface area contributed by atoms with Gasteiger partial charge in [-0.1, -0.05) is 27.7 Å². The average Bonchev–Trinajstić information content (AvgIpc) is 2.01. The second-order valence-electron chi connectivity index (χ2n) is 5.19. The molecule has 0 aromatic carbocycles. The van der Waals surface area contributed by atoms with Crippen molar-refractivity contribution in [3.63, 3.8) is 0 Å². The van der Waals surface area contributed by atoms with Gasteiger partial charge < -0.3 is 9.47 Å². The molecule has 0 amide bonds. The molecule has 0 aromatic rings. The fraction of sp³-hybridized carbons (Fsp3) is 1.00. The Balaban J connectivity index is 2.28. The molecular formula is C12H24O2. The first kappa shape index (κ1) is 12.0. The first-order valence-electron chi connectivity index (χ1n) is 5.81. The molecule has 0 spiro atoms. The molecule has 2 atom stereocenters. The molecule has 0 N–H and O–H groups in total. The van der Waals surface area contributed by atoms with Crippen molar-refractivity contribution < 1.29 is 9.47 Å². The Morgan fingerprint density at radius 1 is 0.929 bits per heavy atom. The summed E-state index contributed by atoms with van der Waals surface area (Å²) in [7, 11) is 0. The highest BCUT2D eigenvalue weighted by Gasteiger charge is 2.24. The summed E-state index contributed by atoms with van der Waals surface area (Å²) in [5, 5.41) is 0. The van der Waals surface area contributed by atoms with Crippen molar-refractivity contribution in [2.75, 3.05) is 6.79 Å². The number of hydrogen-bond donors (Lipinski definition) is 0. The SMILES string of the molecule is CC(C)C[C@@H]1C[C@H](CC(C)C)OCO1. The van der Waals surface area contributed by atoms with E-state index >= 15 is 0 Å². The molecule has 14 heavy (non-hydrogen) atoms. The van der Waals surface area contributed by atoms with E-state index in [4.69, 9.17) is 9.47 Å². The smallest absolute Gasteiger partial charge is 0.147 e. The Morgan fingerprint density at radius 2 is 1.36 bits per heavy atom. The fourth-order valence-electron chi connectivity index (χ4n) is 2.04. The Bertz CT molecular complexity index is 138. The van der Waals surface area contributed by atoms with E-state index < -0.39 is 0 Å². The van der Waals surface area contributed by atoms with Gasteiger partial charge in [-0.05, 0) is 31.1 Å². The summed E-state index contributed by atoms with van der Waals surface area (Å²) in [5.74, 6) is 1.44. The van der Waals surface area contributed by atoms with Crippen LogP contribution in [0.3, 0.4) is 0 Å². The van der Waals surface area contributed by atoms with Crippen LogP contribution in [0.4, 0.5) is 0 Å². The lowest BCUT2D eigenvalue weighted by atomic mass is 9.96. The molecule has 1 rings (SSSR count). The van der Waals surface area contributed by atoms with E-state index in [9.17, 15) is 0 Å². The standard InChI is InChI=1S/C12H24O2/c1-9(2)5-11-7-12(6-10(3)4)14-8-13-11/h9-12H,5-8H2,1-4H3/t11-,12+. The topological polar surface area (TPSA) is 18.5 Å². The second-order valence-corrected chi connectivity index (χ2v) is 5.19. The quantitative estimate of drug-likeness (QED) is 0.693. The zero-order chi connectivity index (χ0) is 10.6. The van der Waals surface area contributed by atoms with Gasteiger partial charge in [0.15, 0.2) is 0 Å². The summed E-state index contributed by atoms with van der Waals surface area (Å²) in [5.41, 5.74) is 0. The minimum atomic E-state index is 0.424. The lowest BCUT2D eigenvalue weighted by Gasteiger charge is -2.31. The van der Waals surface area contributed by atoms with E-state index in [1.54, 1.807) is 0 Å². The molecule has 1 aliphatic heterocycles. The minimum absolute atomic E-state index is 0.424. The normalized spacial score (nSPS) is 28.7. The van der Waals surface area contributed by atoms with Crippen LogP contribution in [0.1, 0.15) is 47.0 Å². The van der Waals surface area contributed by atoms with Gasteiger partial charge in [-0.15, -0.1) is 0 Å². The second kappa shape index (κ2) is 5.72. The third-order valence-corrected chi connectivity index (χ3v) is 2.60. The van der Waals surface area contributed by atoms with Crippen LogP contribution in [-0.2, 0) is 9.47 Å². The molecule has 0 saturated carbocycles. The Labute approximate surface area is 88.0 Å². The van der Waals surface area contributed by atoms with Crippen LogP contribution in [0, 0.1) is 11.8 Å². The zero-order valence-corrected chi connectivity index (χ0v) is 9.95. The molecule has 0 aliphatic carbocycles. The summed E-state index contributed by atoms with van der Waals surface area (Å²) in [6, 6.07) is 0. The van der Waals surface area contributed by atoms with Crippen LogP contribution in [0.25, 0.3) is 0 Å². The molecule has 1 aliphatic rings. The van der Waals surface area contributed by atoms with E-state index in [0.717, 1.165) is 31.1 Å². The van der Waals surface area contributed by atoms with E-state index in [1.807, 2.05) is 0 Å². The van der Waals surface area contributed by atoms with Crippen molar-refractivity contribution in [1.29, 1.82) is 0 Å². The Kier molecular flexibility index (Phi) is 4.90. The van der Waals surface area contributed by atoms with Crippen LogP contribution in [0.15, 0.2) is 0 Å². The molecule has 2 heteroatoms. The monoisotopic (exact) mass is 200 g/mol. The average molecular weight is 200 g/mol. The van der Waals surface area contributed by atoms with Crippen LogP contribution in [0.2, 0.25) is 0 Å². The zero-order valence-electron chi connectivity index (χ0n) is 9.95. The van der Waals surface area contributed by atoms with Crippen molar-refractivity contribution in [3.05, 3.63) is 0 Å². The van der Waals surface area contributed by atoms with Crippen LogP contribution < -0.4 is 0 Å². The molecule has 84 valence electrons. The van der Waals surface area contributed by atoms with Gasteiger partial charge in [-0.25, -0.2) is 0 Å². The minimum Gasteiger partial charge on any atom is -0.352 e. The largest absolute Gasteiger partial charge is 0.352 e. The lowest BCUT2D eigenvalue weighted by Crippen LogP contribution is -2.33. The summed E-state index contributed by atoms with van der Waals surface area (Å²) in [4.78, 5) is 0. The predicted molar refractivity (Wildman–Crippen MR) is 58.1 cm³/mol. The van der Waals surface area contributed by atoms with Gasteiger partial charge in [0.2, 0.25) is 0 Å². The summed E-state index contributed by atoms with van der Waals surface area (Å²) >= 11 is 0. The third kappa shape index (κ3) is 4.43. The van der Waals surface area contributed by atoms with E-state index in [2.05, 4.69) is 27.7 Å². The summed E-state index contributed by atoms with van der Waals surface area (Å²) in [6.07, 6.45) is 4.26. The molecular weight excluding hydrogens is 176 g/mol. The van der Waals surface area contributed by atoms with Crippen LogP contribution in [-0.4, -0.2) is 19.0 Å². The van der Waals surface area contributed by atoms with Gasteiger partial charge in [-0.2, -0.15) is 0 Å². The summed E-state index contributed by atoms with van der Waals surface area (Å²) in [6.45, 7) is 9.48. The highest BCUT2D eigenvalue weighted by molar-refractivity contribution is 4.71. The first-order chi connectivity index (χ1) is 6.58. The van der Waals surface area contributed by atoms with Gasteiger partial charge in [-0.3, -0.25) is 0 Å². The number of rotatable bonds is 4. The predicted octanol–water partition coefficient (Wildman–Crippen LogP) is 3.21. The number of hydrogen-bond acceptors (Lipinski definition) is 2. The molecule has 1 heterocycles. The maximum absolute atomic E-state index is 5.58. The van der Waals surface area contributed by atoms with Gasteiger partial charge in [0.05, 0.1) is 12.2 Å². The molecule has 0 radical (unpaired) electrons. The van der Waals surface area contributed by atoms with Crippen molar-refractivity contribution in [2.45, 2.75) is 59.2 Å². The first-order valence-corrected chi connectivity index (χ1v) is 5.81. The maximum atomic E-state index is 5.58. The van der Waals surface area contributed by atoms with E-state index in [-0.39, 0.29) is 0 Å². The van der Waals surface area contributed by atoms with Gasteiger partial charge in [0, 0.05) is 0 Å². The van der Waals surface area contributed by atoms with Crippen molar-refractivity contribution in [3.8, 4) is 0 Å². The maximum Gasteiger partial charge on any atom is 0.147 e. The Hall–Kier alpha value is -0.0800. The third-order valence-electron chi connectivity index (χ3n) is 2.60. The van der Waals surface area contributed by atoms with Crippen LogP contribution in [0.5, 0.6) is 0 Å². The van der Waals surface area contributed by atoms with Crippen molar-refractivity contribution in [1.82, 2.24) is 0 Å². The van der Waals surface area contributed by atoms with Gasteiger partial charge >= 0.3 is 0 Å². The molecule has 0 unspecified atom stereocenters. The molecule has 1 fully saturated rings. The highest BCUT2D eigenvalue weighted by Crippen LogP contribution is 2.23. The Morgan fingerprint density at radius 3 is 1.71 bits per heavy atom. The fourth-order valence-corrected chi connectivity index (χ4v) is 2.04. The molecule has 0 aromatic heterocycles. The molecule has 0 bridgehead atoms. The van der Waals surface area contributed by atoms with Gasteiger partial charge in [0.25, 0.3) is 0 Å². The van der Waals surface area contributed by atoms with Crippen molar-refractivity contribution in [2.24, 2.45) is 11.8 Å². The summed E-state index contributed by atoms with van der Waals surface area (Å²) < 4.78 is 11.2. The van der Waals surface area contributed by atoms with Crippen LogP contribution >= 0.6 is 0 Å². The van der Waals surface area contributed by atoms with E-state index in [0.29, 0.717) is 19.0 Å².